The lowest BCUT2D eigenvalue weighted by Gasteiger charge is -2.33. The standard InChI is InChI=1S/C21H28N2O4/c1-15(2)26-18-7-5-17(6-8-18)21(24)22-14-19(20-9-4-16(3)27-20)23-10-12-25-13-11-23/h4-9,15,19H,10-14H2,1-3H3,(H,22,24). The SMILES string of the molecule is Cc1ccc(C(CNC(=O)c2ccc(OC(C)C)cc2)N2CCOCC2)o1. The van der Waals surface area contributed by atoms with Crippen molar-refractivity contribution >= 4 is 5.91 Å². The second-order valence-corrected chi connectivity index (χ2v) is 7.01. The minimum Gasteiger partial charge on any atom is -0.491 e. The first-order valence-corrected chi connectivity index (χ1v) is 9.46. The number of hydrogen-bond acceptors (Lipinski definition) is 5. The zero-order chi connectivity index (χ0) is 19.2. The highest BCUT2D eigenvalue weighted by Gasteiger charge is 2.25. The molecule has 1 unspecified atom stereocenters. The van der Waals surface area contributed by atoms with Gasteiger partial charge in [-0.2, -0.15) is 0 Å². The number of nitrogens with zero attached hydrogens (tertiary/aromatic N) is 1. The van der Waals surface area contributed by atoms with Gasteiger partial charge in [0.2, 0.25) is 0 Å². The third-order valence-corrected chi connectivity index (χ3v) is 4.52. The smallest absolute Gasteiger partial charge is 0.251 e. The van der Waals surface area contributed by atoms with Crippen molar-refractivity contribution in [1.82, 2.24) is 10.2 Å². The number of morpholine rings is 1. The van der Waals surface area contributed by atoms with Gasteiger partial charge in [-0.1, -0.05) is 0 Å². The van der Waals surface area contributed by atoms with Crippen LogP contribution in [0.5, 0.6) is 5.75 Å². The highest BCUT2D eigenvalue weighted by atomic mass is 16.5. The Labute approximate surface area is 160 Å². The average Bonchev–Trinajstić information content (AvgIpc) is 3.09. The van der Waals surface area contributed by atoms with Gasteiger partial charge in [-0.05, 0) is 57.2 Å². The summed E-state index contributed by atoms with van der Waals surface area (Å²) >= 11 is 0. The van der Waals surface area contributed by atoms with Gasteiger partial charge >= 0.3 is 0 Å². The number of carbonyl (C=O) groups excluding carboxylic acids is 1. The molecule has 2 aromatic rings. The molecule has 3 rings (SSSR count). The van der Waals surface area contributed by atoms with Crippen LogP contribution in [0.4, 0.5) is 0 Å². The van der Waals surface area contributed by atoms with Crippen LogP contribution in [0.25, 0.3) is 0 Å². The van der Waals surface area contributed by atoms with Crippen LogP contribution in [-0.4, -0.2) is 49.8 Å². The summed E-state index contributed by atoms with van der Waals surface area (Å²) in [5, 5.41) is 3.04. The van der Waals surface area contributed by atoms with E-state index < -0.39 is 0 Å². The third kappa shape index (κ3) is 5.34. The van der Waals surface area contributed by atoms with Crippen LogP contribution in [0.3, 0.4) is 0 Å². The number of rotatable bonds is 7. The predicted octanol–water partition coefficient (Wildman–Crippen LogP) is 3.18. The number of carbonyl (C=O) groups is 1. The van der Waals surface area contributed by atoms with Crippen LogP contribution in [0.1, 0.15) is 41.8 Å². The summed E-state index contributed by atoms with van der Waals surface area (Å²) < 4.78 is 16.9. The zero-order valence-electron chi connectivity index (χ0n) is 16.2. The first kappa shape index (κ1) is 19.5. The topological polar surface area (TPSA) is 63.9 Å². The molecular weight excluding hydrogens is 344 g/mol. The Kier molecular flexibility index (Phi) is 6.53. The molecule has 1 amide bonds. The lowest BCUT2D eigenvalue weighted by molar-refractivity contribution is 0.0117. The van der Waals surface area contributed by atoms with Gasteiger partial charge in [0.05, 0.1) is 25.4 Å². The van der Waals surface area contributed by atoms with Crippen molar-refractivity contribution in [2.75, 3.05) is 32.8 Å². The van der Waals surface area contributed by atoms with E-state index in [9.17, 15) is 4.79 Å². The molecule has 0 bridgehead atoms. The van der Waals surface area contributed by atoms with E-state index >= 15 is 0 Å². The Morgan fingerprint density at radius 2 is 1.85 bits per heavy atom. The van der Waals surface area contributed by atoms with Crippen LogP contribution in [0, 0.1) is 6.92 Å². The monoisotopic (exact) mass is 372 g/mol. The first-order valence-electron chi connectivity index (χ1n) is 9.46. The molecule has 1 fully saturated rings. The van der Waals surface area contributed by atoms with E-state index in [1.165, 1.54) is 0 Å². The largest absolute Gasteiger partial charge is 0.491 e. The van der Waals surface area contributed by atoms with Crippen molar-refractivity contribution in [3.05, 3.63) is 53.5 Å². The number of ether oxygens (including phenoxy) is 2. The fourth-order valence-corrected chi connectivity index (χ4v) is 3.18. The average molecular weight is 372 g/mol. The third-order valence-electron chi connectivity index (χ3n) is 4.52. The van der Waals surface area contributed by atoms with Crippen molar-refractivity contribution in [3.63, 3.8) is 0 Å². The summed E-state index contributed by atoms with van der Waals surface area (Å²) in [7, 11) is 0. The maximum Gasteiger partial charge on any atom is 0.251 e. The van der Waals surface area contributed by atoms with Gasteiger partial charge in [0.25, 0.3) is 5.91 Å². The molecule has 0 saturated carbocycles. The molecule has 1 N–H and O–H groups in total. The summed E-state index contributed by atoms with van der Waals surface area (Å²) in [6.07, 6.45) is 0.107. The number of nitrogens with one attached hydrogen (secondary N) is 1. The fourth-order valence-electron chi connectivity index (χ4n) is 3.18. The van der Waals surface area contributed by atoms with Crippen molar-refractivity contribution < 1.29 is 18.7 Å². The molecule has 1 aliphatic rings. The number of amides is 1. The molecule has 0 radical (unpaired) electrons. The van der Waals surface area contributed by atoms with Gasteiger partial charge in [-0.25, -0.2) is 0 Å². The predicted molar refractivity (Wildman–Crippen MR) is 103 cm³/mol. The van der Waals surface area contributed by atoms with E-state index in [0.29, 0.717) is 25.3 Å². The highest BCUT2D eigenvalue weighted by Crippen LogP contribution is 2.23. The second-order valence-electron chi connectivity index (χ2n) is 7.01. The van der Waals surface area contributed by atoms with E-state index in [4.69, 9.17) is 13.9 Å². The van der Waals surface area contributed by atoms with Gasteiger partial charge in [0.15, 0.2) is 0 Å². The Hall–Kier alpha value is -2.31. The molecule has 0 aliphatic carbocycles. The molecule has 27 heavy (non-hydrogen) atoms. The van der Waals surface area contributed by atoms with Gasteiger partial charge in [0, 0.05) is 25.2 Å². The fraction of sp³-hybridized carbons (Fsp3) is 0.476. The molecule has 1 aromatic carbocycles. The molecule has 0 spiro atoms. The summed E-state index contributed by atoms with van der Waals surface area (Å²) in [6, 6.07) is 11.2. The van der Waals surface area contributed by atoms with E-state index in [-0.39, 0.29) is 18.1 Å². The van der Waals surface area contributed by atoms with Gasteiger partial charge in [0.1, 0.15) is 17.3 Å². The number of hydrogen-bond donors (Lipinski definition) is 1. The van der Waals surface area contributed by atoms with Crippen LogP contribution in [0.2, 0.25) is 0 Å². The quantitative estimate of drug-likeness (QED) is 0.809. The van der Waals surface area contributed by atoms with Crippen molar-refractivity contribution in [2.45, 2.75) is 32.9 Å². The van der Waals surface area contributed by atoms with E-state index in [1.807, 2.05) is 45.0 Å². The summed E-state index contributed by atoms with van der Waals surface area (Å²) in [4.78, 5) is 14.9. The lowest BCUT2D eigenvalue weighted by atomic mass is 10.1. The Balaban J connectivity index is 1.64. The van der Waals surface area contributed by atoms with Crippen LogP contribution in [-0.2, 0) is 4.74 Å². The van der Waals surface area contributed by atoms with Gasteiger partial charge < -0.3 is 19.2 Å². The minimum absolute atomic E-state index is 0.00454. The van der Waals surface area contributed by atoms with Crippen molar-refractivity contribution in [3.8, 4) is 5.75 Å². The molecule has 1 atom stereocenters. The van der Waals surface area contributed by atoms with E-state index in [0.717, 1.165) is 30.4 Å². The first-order chi connectivity index (χ1) is 13.0. The Morgan fingerprint density at radius 1 is 1.15 bits per heavy atom. The van der Waals surface area contributed by atoms with Crippen molar-refractivity contribution in [1.29, 1.82) is 0 Å². The number of aryl methyl sites for hydroxylation is 1. The molecule has 146 valence electrons. The van der Waals surface area contributed by atoms with E-state index in [1.54, 1.807) is 12.1 Å². The van der Waals surface area contributed by atoms with E-state index in [2.05, 4.69) is 10.2 Å². The highest BCUT2D eigenvalue weighted by molar-refractivity contribution is 5.94. The minimum atomic E-state index is -0.104. The molecule has 1 aromatic heterocycles. The lowest BCUT2D eigenvalue weighted by Crippen LogP contribution is -2.43. The summed E-state index contributed by atoms with van der Waals surface area (Å²) in [5.41, 5.74) is 0.613. The van der Waals surface area contributed by atoms with Gasteiger partial charge in [-0.15, -0.1) is 0 Å². The zero-order valence-corrected chi connectivity index (χ0v) is 16.2. The molecule has 2 heterocycles. The Morgan fingerprint density at radius 3 is 2.44 bits per heavy atom. The van der Waals surface area contributed by atoms with Crippen LogP contribution >= 0.6 is 0 Å². The van der Waals surface area contributed by atoms with Crippen LogP contribution < -0.4 is 10.1 Å². The summed E-state index contributed by atoms with van der Waals surface area (Å²) in [5.74, 6) is 2.40. The maximum atomic E-state index is 12.6. The Bertz CT molecular complexity index is 733. The molecule has 1 aliphatic heterocycles. The van der Waals surface area contributed by atoms with Crippen LogP contribution in [0.15, 0.2) is 40.8 Å². The van der Waals surface area contributed by atoms with Crippen molar-refractivity contribution in [2.24, 2.45) is 0 Å². The number of furan rings is 1. The molecule has 6 nitrogen and oxygen atoms in total. The second kappa shape index (κ2) is 9.06. The molecule has 1 saturated heterocycles. The normalized spacial score (nSPS) is 16.3. The summed E-state index contributed by atoms with van der Waals surface area (Å²) in [6.45, 7) is 9.40. The number of benzene rings is 1. The maximum absolute atomic E-state index is 12.6. The molecule has 6 heteroatoms. The van der Waals surface area contributed by atoms with Gasteiger partial charge in [-0.3, -0.25) is 9.69 Å². The molecular formula is C21H28N2O4.